The van der Waals surface area contributed by atoms with E-state index in [1.54, 1.807) is 12.1 Å². The Kier molecular flexibility index (Phi) is 3.99. The number of hydrogen-bond donors (Lipinski definition) is 1. The van der Waals surface area contributed by atoms with Crippen LogP contribution in [0.1, 0.15) is 16.8 Å². The molecule has 1 N–H and O–H groups in total. The van der Waals surface area contributed by atoms with Crippen molar-refractivity contribution in [2.45, 2.75) is 20.0 Å². The first-order chi connectivity index (χ1) is 8.61. The molecule has 0 amide bonds. The van der Waals surface area contributed by atoms with E-state index in [0.717, 1.165) is 23.4 Å². The van der Waals surface area contributed by atoms with E-state index in [1.165, 1.54) is 6.07 Å². The predicted octanol–water partition coefficient (Wildman–Crippen LogP) is 2.75. The molecule has 1 aromatic carbocycles. The van der Waals surface area contributed by atoms with Crippen molar-refractivity contribution < 1.29 is 4.39 Å². The SMILES string of the molecule is CNCc1cnn(Cc2ccc(F)c(Cl)c2)c1C. The molecule has 0 radical (unpaired) electrons. The number of nitrogens with one attached hydrogen (secondary N) is 1. The maximum Gasteiger partial charge on any atom is 0.141 e. The van der Waals surface area contributed by atoms with Crippen LogP contribution in [-0.4, -0.2) is 16.8 Å². The molecule has 0 unspecified atom stereocenters. The van der Waals surface area contributed by atoms with Crippen LogP contribution in [0.4, 0.5) is 4.39 Å². The highest BCUT2D eigenvalue weighted by atomic mass is 35.5. The highest BCUT2D eigenvalue weighted by molar-refractivity contribution is 6.30. The Hall–Kier alpha value is -1.39. The van der Waals surface area contributed by atoms with E-state index in [4.69, 9.17) is 11.6 Å². The summed E-state index contributed by atoms with van der Waals surface area (Å²) in [5.41, 5.74) is 3.19. The Morgan fingerprint density at radius 1 is 1.44 bits per heavy atom. The number of halogens is 2. The van der Waals surface area contributed by atoms with Gasteiger partial charge in [-0.25, -0.2) is 4.39 Å². The van der Waals surface area contributed by atoms with Gasteiger partial charge in [-0.1, -0.05) is 17.7 Å². The zero-order valence-electron chi connectivity index (χ0n) is 10.4. The van der Waals surface area contributed by atoms with Crippen molar-refractivity contribution in [2.24, 2.45) is 0 Å². The lowest BCUT2D eigenvalue weighted by molar-refractivity contribution is 0.623. The monoisotopic (exact) mass is 267 g/mol. The van der Waals surface area contributed by atoms with Crippen molar-refractivity contribution in [3.63, 3.8) is 0 Å². The van der Waals surface area contributed by atoms with Crippen molar-refractivity contribution in [3.8, 4) is 0 Å². The van der Waals surface area contributed by atoms with Gasteiger partial charge in [0.05, 0.1) is 17.8 Å². The van der Waals surface area contributed by atoms with E-state index in [0.29, 0.717) is 6.54 Å². The Balaban J connectivity index is 2.20. The molecule has 18 heavy (non-hydrogen) atoms. The van der Waals surface area contributed by atoms with Crippen LogP contribution in [0.25, 0.3) is 0 Å². The Morgan fingerprint density at radius 2 is 2.22 bits per heavy atom. The summed E-state index contributed by atoms with van der Waals surface area (Å²) in [5.74, 6) is -0.395. The first-order valence-corrected chi connectivity index (χ1v) is 6.09. The third kappa shape index (κ3) is 2.71. The molecule has 96 valence electrons. The first kappa shape index (κ1) is 13.1. The Morgan fingerprint density at radius 3 is 2.89 bits per heavy atom. The number of aromatic nitrogens is 2. The van der Waals surface area contributed by atoms with Gasteiger partial charge in [-0.2, -0.15) is 5.10 Å². The van der Waals surface area contributed by atoms with E-state index < -0.39 is 5.82 Å². The second kappa shape index (κ2) is 5.50. The summed E-state index contributed by atoms with van der Waals surface area (Å²) in [6.45, 7) is 3.40. The second-order valence-electron chi connectivity index (χ2n) is 4.19. The average Bonchev–Trinajstić information content (AvgIpc) is 2.67. The first-order valence-electron chi connectivity index (χ1n) is 5.71. The number of hydrogen-bond acceptors (Lipinski definition) is 2. The molecule has 0 aliphatic heterocycles. The predicted molar refractivity (Wildman–Crippen MR) is 70.2 cm³/mol. The van der Waals surface area contributed by atoms with Crippen LogP contribution in [0.5, 0.6) is 0 Å². The average molecular weight is 268 g/mol. The topological polar surface area (TPSA) is 29.9 Å². The molecule has 0 aliphatic rings. The molecule has 2 aromatic rings. The van der Waals surface area contributed by atoms with Crippen LogP contribution in [0.15, 0.2) is 24.4 Å². The van der Waals surface area contributed by atoms with Gasteiger partial charge in [0.1, 0.15) is 5.82 Å². The van der Waals surface area contributed by atoms with Gasteiger partial charge < -0.3 is 5.32 Å². The maximum atomic E-state index is 13.1. The molecule has 2 rings (SSSR count). The molecule has 0 saturated heterocycles. The summed E-state index contributed by atoms with van der Waals surface area (Å²) in [6, 6.07) is 4.74. The number of rotatable bonds is 4. The lowest BCUT2D eigenvalue weighted by Crippen LogP contribution is -2.08. The van der Waals surface area contributed by atoms with Gasteiger partial charge in [0.2, 0.25) is 0 Å². The molecule has 0 spiro atoms. The van der Waals surface area contributed by atoms with Crippen LogP contribution in [-0.2, 0) is 13.1 Å². The highest BCUT2D eigenvalue weighted by Crippen LogP contribution is 2.17. The summed E-state index contributed by atoms with van der Waals surface area (Å²) >= 11 is 5.76. The minimum Gasteiger partial charge on any atom is -0.316 e. The van der Waals surface area contributed by atoms with Gasteiger partial charge in [-0.3, -0.25) is 4.68 Å². The summed E-state index contributed by atoms with van der Waals surface area (Å²) in [6.07, 6.45) is 1.84. The van der Waals surface area contributed by atoms with Crippen molar-refractivity contribution in [1.82, 2.24) is 15.1 Å². The van der Waals surface area contributed by atoms with E-state index in [1.807, 2.05) is 24.9 Å². The van der Waals surface area contributed by atoms with Crippen LogP contribution in [0.2, 0.25) is 5.02 Å². The largest absolute Gasteiger partial charge is 0.316 e. The second-order valence-corrected chi connectivity index (χ2v) is 4.60. The van der Waals surface area contributed by atoms with E-state index in [-0.39, 0.29) is 5.02 Å². The summed E-state index contributed by atoms with van der Waals surface area (Å²) in [4.78, 5) is 0. The van der Waals surface area contributed by atoms with E-state index in [2.05, 4.69) is 10.4 Å². The lowest BCUT2D eigenvalue weighted by atomic mass is 10.2. The molecule has 0 saturated carbocycles. The minimum atomic E-state index is -0.395. The fourth-order valence-corrected chi connectivity index (χ4v) is 2.02. The molecule has 0 fully saturated rings. The number of nitrogens with zero attached hydrogens (tertiary/aromatic N) is 2. The van der Waals surface area contributed by atoms with Crippen molar-refractivity contribution in [2.75, 3.05) is 7.05 Å². The summed E-state index contributed by atoms with van der Waals surface area (Å²) < 4.78 is 14.9. The van der Waals surface area contributed by atoms with Crippen molar-refractivity contribution in [1.29, 1.82) is 0 Å². The molecule has 5 heteroatoms. The molecule has 3 nitrogen and oxygen atoms in total. The van der Waals surface area contributed by atoms with Crippen molar-refractivity contribution in [3.05, 3.63) is 52.1 Å². The fourth-order valence-electron chi connectivity index (χ4n) is 1.82. The fraction of sp³-hybridized carbons (Fsp3) is 0.308. The van der Waals surface area contributed by atoms with Crippen LogP contribution < -0.4 is 5.32 Å². The van der Waals surface area contributed by atoms with Crippen LogP contribution in [0.3, 0.4) is 0 Å². The number of benzene rings is 1. The summed E-state index contributed by atoms with van der Waals surface area (Å²) in [7, 11) is 1.90. The van der Waals surface area contributed by atoms with Gasteiger partial charge >= 0.3 is 0 Å². The zero-order valence-corrected chi connectivity index (χ0v) is 11.1. The lowest BCUT2D eigenvalue weighted by Gasteiger charge is -2.06. The zero-order chi connectivity index (χ0) is 13.1. The Labute approximate surface area is 111 Å². The molecular formula is C13H15ClFN3. The highest BCUT2D eigenvalue weighted by Gasteiger charge is 2.07. The van der Waals surface area contributed by atoms with Crippen LogP contribution >= 0.6 is 11.6 Å². The van der Waals surface area contributed by atoms with Crippen LogP contribution in [0, 0.1) is 12.7 Å². The molecule has 0 aliphatic carbocycles. The van der Waals surface area contributed by atoms with Gasteiger partial charge in [0, 0.05) is 17.8 Å². The van der Waals surface area contributed by atoms with Gasteiger partial charge in [0.25, 0.3) is 0 Å². The van der Waals surface area contributed by atoms with Gasteiger partial charge in [-0.15, -0.1) is 0 Å². The third-order valence-electron chi connectivity index (χ3n) is 2.89. The summed E-state index contributed by atoms with van der Waals surface area (Å²) in [5, 5.41) is 7.56. The quantitative estimate of drug-likeness (QED) is 0.923. The van der Waals surface area contributed by atoms with E-state index >= 15 is 0 Å². The Bertz CT molecular complexity index is 551. The third-order valence-corrected chi connectivity index (χ3v) is 3.18. The molecule has 1 aromatic heterocycles. The smallest absolute Gasteiger partial charge is 0.141 e. The standard InChI is InChI=1S/C13H15ClFN3/c1-9-11(6-16-2)7-17-18(9)8-10-3-4-13(15)12(14)5-10/h3-5,7,16H,6,8H2,1-2H3. The van der Waals surface area contributed by atoms with E-state index in [9.17, 15) is 4.39 Å². The molecular weight excluding hydrogens is 253 g/mol. The molecule has 1 heterocycles. The molecule has 0 bridgehead atoms. The maximum absolute atomic E-state index is 13.1. The van der Waals surface area contributed by atoms with Gasteiger partial charge in [-0.05, 0) is 31.7 Å². The van der Waals surface area contributed by atoms with Crippen molar-refractivity contribution >= 4 is 11.6 Å². The normalized spacial score (nSPS) is 10.9. The minimum absolute atomic E-state index is 0.146. The molecule has 0 atom stereocenters. The van der Waals surface area contributed by atoms with Gasteiger partial charge in [0.15, 0.2) is 0 Å².